The molecule has 0 aliphatic carbocycles. The van der Waals surface area contributed by atoms with Crippen LogP contribution in [0.1, 0.15) is 12.5 Å². The summed E-state index contributed by atoms with van der Waals surface area (Å²) in [4.78, 5) is 0. The van der Waals surface area contributed by atoms with E-state index in [0.717, 1.165) is 11.1 Å². The first-order valence-corrected chi connectivity index (χ1v) is 11.2. The number of aromatic nitrogens is 1. The summed E-state index contributed by atoms with van der Waals surface area (Å²) in [6.07, 6.45) is 4.07. The monoisotopic (exact) mass is 417 g/mol. The van der Waals surface area contributed by atoms with Crippen LogP contribution < -0.4 is 0 Å². The molecule has 5 rings (SSSR count). The van der Waals surface area contributed by atoms with Crippen LogP contribution in [0.25, 0.3) is 21.8 Å². The first-order chi connectivity index (χ1) is 14.1. The maximum Gasteiger partial charge on any atom is 0.112 e. The molecule has 3 aromatic carbocycles. The predicted octanol–water partition coefficient (Wildman–Crippen LogP) is 6.64. The Kier molecular flexibility index (Phi) is 4.47. The predicted molar refractivity (Wildman–Crippen MR) is 127 cm³/mol. The van der Waals surface area contributed by atoms with Crippen LogP contribution in [0.4, 0.5) is 0 Å². The van der Waals surface area contributed by atoms with Gasteiger partial charge in [-0.15, -0.1) is 0 Å². The summed E-state index contributed by atoms with van der Waals surface area (Å²) in [5, 5.41) is 18.7. The smallest absolute Gasteiger partial charge is 0.112 e. The lowest BCUT2D eigenvalue weighted by Gasteiger charge is -2.27. The van der Waals surface area contributed by atoms with Crippen molar-refractivity contribution in [1.82, 2.24) is 3.97 Å². The van der Waals surface area contributed by atoms with Crippen LogP contribution in [-0.4, -0.2) is 14.4 Å². The Hall–Kier alpha value is -2.59. The van der Waals surface area contributed by atoms with Gasteiger partial charge in [0.15, 0.2) is 0 Å². The number of hydrogen-bond donors (Lipinski definition) is 1. The lowest BCUT2D eigenvalue weighted by atomic mass is 9.88. The molecule has 1 N–H and O–H groups in total. The number of halogens is 1. The number of hydrogen-bond acceptors (Lipinski definition) is 1. The molecule has 2 atom stereocenters. The second kappa shape index (κ2) is 7.03. The van der Waals surface area contributed by atoms with Gasteiger partial charge in [0.05, 0.1) is 11.0 Å². The van der Waals surface area contributed by atoms with Crippen LogP contribution in [-0.2, 0) is 5.60 Å². The molecule has 2 nitrogen and oxygen atoms in total. The van der Waals surface area contributed by atoms with Gasteiger partial charge in [0.25, 0.3) is 0 Å². The molecule has 0 saturated heterocycles. The maximum absolute atomic E-state index is 11.2. The second-order valence-corrected chi connectivity index (χ2v) is 9.36. The largest absolute Gasteiger partial charge is 0.381 e. The van der Waals surface area contributed by atoms with Crippen molar-refractivity contribution in [2.75, 3.05) is 0 Å². The van der Waals surface area contributed by atoms with Crippen LogP contribution in [0, 0.1) is 0 Å². The molecule has 0 fully saturated rings. The van der Waals surface area contributed by atoms with Gasteiger partial charge in [-0.3, -0.25) is 3.97 Å². The van der Waals surface area contributed by atoms with Gasteiger partial charge >= 0.3 is 0 Å². The van der Waals surface area contributed by atoms with E-state index >= 15 is 0 Å². The van der Waals surface area contributed by atoms with Gasteiger partial charge < -0.3 is 5.11 Å². The minimum atomic E-state index is -1.10. The highest BCUT2D eigenvalue weighted by Gasteiger charge is 2.27. The number of allylic oxidation sites excluding steroid dienone is 1. The number of aliphatic hydroxyl groups is 1. The van der Waals surface area contributed by atoms with Gasteiger partial charge in [0, 0.05) is 15.8 Å². The minimum Gasteiger partial charge on any atom is -0.381 e. The van der Waals surface area contributed by atoms with Gasteiger partial charge in [-0.2, -0.15) is 0 Å². The quantitative estimate of drug-likeness (QED) is 0.371. The Balaban J connectivity index is 1.63. The van der Waals surface area contributed by atoms with Crippen molar-refractivity contribution >= 4 is 49.4 Å². The zero-order chi connectivity index (χ0) is 20.0. The highest BCUT2D eigenvalue weighted by Crippen LogP contribution is 2.39. The van der Waals surface area contributed by atoms with Crippen molar-refractivity contribution in [3.8, 4) is 0 Å². The molecule has 1 aromatic heterocycles. The number of fused-ring (bicyclic) bond motifs is 3. The molecule has 1 aliphatic rings. The molecule has 4 heteroatoms. The SMILES string of the molecule is CC(O)(C1=CC=S(n2c3ccccc3c3ccccc32)C=C1)c1cccc(Cl)c1. The zero-order valence-corrected chi connectivity index (χ0v) is 17.5. The summed E-state index contributed by atoms with van der Waals surface area (Å²) < 4.78 is 2.38. The Morgan fingerprint density at radius 1 is 0.897 bits per heavy atom. The van der Waals surface area contributed by atoms with Crippen molar-refractivity contribution in [3.63, 3.8) is 0 Å². The van der Waals surface area contributed by atoms with Crippen LogP contribution in [0.3, 0.4) is 0 Å². The van der Waals surface area contributed by atoms with E-state index in [9.17, 15) is 5.11 Å². The number of nitrogens with zero attached hydrogens (tertiary/aromatic N) is 1. The van der Waals surface area contributed by atoms with E-state index in [1.54, 1.807) is 0 Å². The zero-order valence-electron chi connectivity index (χ0n) is 15.9. The van der Waals surface area contributed by atoms with E-state index in [4.69, 9.17) is 11.6 Å². The Bertz CT molecular complexity index is 1290. The van der Waals surface area contributed by atoms with Crippen LogP contribution in [0.5, 0.6) is 0 Å². The van der Waals surface area contributed by atoms with Crippen molar-refractivity contribution in [1.29, 1.82) is 0 Å². The second-order valence-electron chi connectivity index (χ2n) is 7.32. The molecule has 0 spiro atoms. The minimum absolute atomic E-state index is 0.245. The fraction of sp³-hybridized carbons (Fsp3) is 0.0800. The third-order valence-electron chi connectivity index (χ3n) is 5.47. The molecule has 0 amide bonds. The number of benzene rings is 3. The molecule has 2 heterocycles. The topological polar surface area (TPSA) is 25.2 Å². The summed E-state index contributed by atoms with van der Waals surface area (Å²) in [5.74, 6) is 0. The normalized spacial score (nSPS) is 18.4. The van der Waals surface area contributed by atoms with Gasteiger partial charge in [-0.05, 0) is 65.3 Å². The highest BCUT2D eigenvalue weighted by molar-refractivity contribution is 8.16. The van der Waals surface area contributed by atoms with Gasteiger partial charge in [0.2, 0.25) is 0 Å². The molecule has 29 heavy (non-hydrogen) atoms. The Morgan fingerprint density at radius 3 is 2.14 bits per heavy atom. The van der Waals surface area contributed by atoms with E-state index < -0.39 is 5.60 Å². The number of rotatable bonds is 3. The lowest BCUT2D eigenvalue weighted by Crippen LogP contribution is -2.24. The summed E-state index contributed by atoms with van der Waals surface area (Å²) in [7, 11) is -0.245. The highest BCUT2D eigenvalue weighted by atomic mass is 35.5. The van der Waals surface area contributed by atoms with Gasteiger partial charge in [-0.25, -0.2) is 0 Å². The number of para-hydroxylation sites is 2. The molecule has 0 radical (unpaired) electrons. The molecule has 2 unspecified atom stereocenters. The van der Waals surface area contributed by atoms with Crippen LogP contribution in [0.2, 0.25) is 5.02 Å². The van der Waals surface area contributed by atoms with Crippen molar-refractivity contribution < 1.29 is 5.11 Å². The standard InChI is InChI=1S/C25H20ClNOS/c1-25(28,19-7-6-8-20(26)17-19)18-13-15-29(16-14-18)27-23-11-4-2-9-21(23)22-10-3-5-12-24(22)27/h2-17,28H,1H3. The first-order valence-electron chi connectivity index (χ1n) is 9.48. The fourth-order valence-electron chi connectivity index (χ4n) is 3.91. The summed E-state index contributed by atoms with van der Waals surface area (Å²) in [6, 6.07) is 24.4. The average molecular weight is 418 g/mol. The summed E-state index contributed by atoms with van der Waals surface area (Å²) in [6.45, 7) is 1.81. The van der Waals surface area contributed by atoms with E-state index in [-0.39, 0.29) is 10.7 Å². The van der Waals surface area contributed by atoms with Crippen LogP contribution in [0.15, 0.2) is 95.9 Å². The van der Waals surface area contributed by atoms with E-state index in [0.29, 0.717) is 5.02 Å². The third-order valence-corrected chi connectivity index (χ3v) is 7.35. The molecule has 0 bridgehead atoms. The van der Waals surface area contributed by atoms with Crippen LogP contribution >= 0.6 is 22.3 Å². The van der Waals surface area contributed by atoms with Crippen molar-refractivity contribution in [3.05, 3.63) is 107 Å². The molecular formula is C25H20ClNOS. The van der Waals surface area contributed by atoms with E-state index in [2.05, 4.69) is 63.3 Å². The summed E-state index contributed by atoms with van der Waals surface area (Å²) >= 11 is 6.13. The molecule has 1 aliphatic heterocycles. The van der Waals surface area contributed by atoms with E-state index in [1.807, 2.05) is 43.3 Å². The Morgan fingerprint density at radius 2 is 1.55 bits per heavy atom. The van der Waals surface area contributed by atoms with Gasteiger partial charge in [-0.1, -0.05) is 70.8 Å². The lowest BCUT2D eigenvalue weighted by molar-refractivity contribution is 0.102. The van der Waals surface area contributed by atoms with E-state index in [1.165, 1.54) is 21.8 Å². The molecular weight excluding hydrogens is 398 g/mol. The fourth-order valence-corrected chi connectivity index (χ4v) is 5.77. The molecule has 144 valence electrons. The van der Waals surface area contributed by atoms with Crippen molar-refractivity contribution in [2.45, 2.75) is 12.5 Å². The molecule has 0 saturated carbocycles. The Labute approximate surface area is 177 Å². The maximum atomic E-state index is 11.2. The molecule has 4 aromatic rings. The first kappa shape index (κ1) is 18.4. The third kappa shape index (κ3) is 3.06. The average Bonchev–Trinajstić information content (AvgIpc) is 3.08. The van der Waals surface area contributed by atoms with Crippen molar-refractivity contribution in [2.24, 2.45) is 0 Å². The summed E-state index contributed by atoms with van der Waals surface area (Å²) in [5.41, 5.74) is 2.97. The van der Waals surface area contributed by atoms with Gasteiger partial charge in [0.1, 0.15) is 5.60 Å².